The Morgan fingerprint density at radius 1 is 1.21 bits per heavy atom. The normalized spacial score (nSPS) is 14.2. The zero-order valence-corrected chi connectivity index (χ0v) is 17.8. The molecule has 2 amide bonds. The number of carbonyl (C=O) groups is 2. The highest BCUT2D eigenvalue weighted by Crippen LogP contribution is 2.35. The van der Waals surface area contributed by atoms with Crippen LogP contribution in [-0.4, -0.2) is 29.3 Å². The molecular formula is C23H27N3O2S. The van der Waals surface area contributed by atoms with Gasteiger partial charge in [-0.15, -0.1) is 11.3 Å². The molecule has 5 nitrogen and oxygen atoms in total. The van der Waals surface area contributed by atoms with Crippen molar-refractivity contribution in [1.29, 1.82) is 5.26 Å². The van der Waals surface area contributed by atoms with E-state index in [2.05, 4.69) is 11.4 Å². The number of benzene rings is 1. The molecule has 1 aromatic carbocycles. The average molecular weight is 410 g/mol. The van der Waals surface area contributed by atoms with E-state index in [1.54, 1.807) is 6.92 Å². The van der Waals surface area contributed by atoms with Crippen LogP contribution in [0.15, 0.2) is 30.3 Å². The minimum atomic E-state index is -0.187. The van der Waals surface area contributed by atoms with Gasteiger partial charge < -0.3 is 10.2 Å². The first-order valence-corrected chi connectivity index (χ1v) is 11.0. The van der Waals surface area contributed by atoms with Gasteiger partial charge >= 0.3 is 0 Å². The molecule has 2 aromatic rings. The molecule has 1 N–H and O–H groups in total. The fourth-order valence-electron chi connectivity index (χ4n) is 3.98. The molecule has 152 valence electrons. The Balaban J connectivity index is 1.80. The molecule has 1 aliphatic rings. The van der Waals surface area contributed by atoms with Crippen LogP contribution in [0.3, 0.4) is 0 Å². The van der Waals surface area contributed by atoms with Crippen LogP contribution in [-0.2, 0) is 11.2 Å². The topological polar surface area (TPSA) is 73.2 Å². The molecule has 0 unspecified atom stereocenters. The zero-order valence-electron chi connectivity index (χ0n) is 17.0. The number of anilines is 1. The first kappa shape index (κ1) is 21.1. The van der Waals surface area contributed by atoms with E-state index >= 15 is 0 Å². The Labute approximate surface area is 176 Å². The molecule has 1 heterocycles. The number of hydrogen-bond acceptors (Lipinski definition) is 4. The van der Waals surface area contributed by atoms with Gasteiger partial charge in [-0.1, -0.05) is 49.6 Å². The molecule has 0 atom stereocenters. The summed E-state index contributed by atoms with van der Waals surface area (Å²) in [7, 11) is 0. The quantitative estimate of drug-likeness (QED) is 0.737. The molecule has 1 aromatic heterocycles. The van der Waals surface area contributed by atoms with Crippen LogP contribution < -0.4 is 5.32 Å². The van der Waals surface area contributed by atoms with Gasteiger partial charge in [-0.2, -0.15) is 5.26 Å². The third-order valence-corrected chi connectivity index (χ3v) is 6.73. The molecule has 0 spiro atoms. The lowest BCUT2D eigenvalue weighted by Gasteiger charge is -2.33. The van der Waals surface area contributed by atoms with E-state index in [1.165, 1.54) is 17.8 Å². The Morgan fingerprint density at radius 3 is 2.52 bits per heavy atom. The van der Waals surface area contributed by atoms with Gasteiger partial charge in [0.15, 0.2) is 0 Å². The second-order valence-electron chi connectivity index (χ2n) is 7.47. The van der Waals surface area contributed by atoms with E-state index in [4.69, 9.17) is 0 Å². The lowest BCUT2D eigenvalue weighted by molar-refractivity contribution is -0.115. The highest BCUT2D eigenvalue weighted by atomic mass is 32.1. The van der Waals surface area contributed by atoms with Gasteiger partial charge in [-0.05, 0) is 37.8 Å². The van der Waals surface area contributed by atoms with Crippen molar-refractivity contribution in [3.63, 3.8) is 0 Å². The van der Waals surface area contributed by atoms with E-state index in [1.807, 2.05) is 42.2 Å². The Bertz CT molecular complexity index is 908. The summed E-state index contributed by atoms with van der Waals surface area (Å²) in [5.74, 6) is -0.213. The number of carbonyl (C=O) groups excluding carboxylic acids is 2. The number of nitriles is 1. The second kappa shape index (κ2) is 9.71. The van der Waals surface area contributed by atoms with Crippen molar-refractivity contribution in [2.75, 3.05) is 11.9 Å². The molecule has 1 saturated carbocycles. The molecule has 0 saturated heterocycles. The third kappa shape index (κ3) is 4.86. The number of thiophene rings is 1. The van der Waals surface area contributed by atoms with Gasteiger partial charge in [-0.3, -0.25) is 9.59 Å². The first-order chi connectivity index (χ1) is 14.0. The fourth-order valence-corrected chi connectivity index (χ4v) is 5.11. The van der Waals surface area contributed by atoms with Crippen LogP contribution >= 0.6 is 11.3 Å². The molecule has 6 heteroatoms. The Morgan fingerprint density at radius 2 is 1.90 bits per heavy atom. The van der Waals surface area contributed by atoms with Gasteiger partial charge in [0.25, 0.3) is 5.91 Å². The van der Waals surface area contributed by atoms with Gasteiger partial charge in [0.05, 0.1) is 16.9 Å². The van der Waals surface area contributed by atoms with Crippen molar-refractivity contribution in [3.8, 4) is 6.07 Å². The van der Waals surface area contributed by atoms with Gasteiger partial charge in [0.2, 0.25) is 5.91 Å². The van der Waals surface area contributed by atoms with E-state index in [9.17, 15) is 14.9 Å². The molecule has 0 aliphatic heterocycles. The molecule has 1 fully saturated rings. The third-order valence-electron chi connectivity index (χ3n) is 5.53. The van der Waals surface area contributed by atoms with Crippen molar-refractivity contribution in [3.05, 3.63) is 51.9 Å². The summed E-state index contributed by atoms with van der Waals surface area (Å²) in [4.78, 5) is 28.2. The van der Waals surface area contributed by atoms with Crippen molar-refractivity contribution >= 4 is 28.2 Å². The van der Waals surface area contributed by atoms with E-state index in [0.717, 1.165) is 31.2 Å². The standard InChI is InChI=1S/C23H27N3O2S/c1-3-26(18-12-8-5-9-13-18)23(28)21-16(2)19(15-24)22(29-21)25-20(27)14-17-10-6-4-7-11-17/h4,6-7,10-11,18H,3,5,8-9,12-14H2,1-2H3,(H,25,27). The van der Waals surface area contributed by atoms with E-state index < -0.39 is 0 Å². The summed E-state index contributed by atoms with van der Waals surface area (Å²) < 4.78 is 0. The van der Waals surface area contributed by atoms with Crippen molar-refractivity contribution in [2.45, 2.75) is 58.4 Å². The van der Waals surface area contributed by atoms with Crippen LogP contribution in [0.5, 0.6) is 0 Å². The molecule has 3 rings (SSSR count). The van der Waals surface area contributed by atoms with Crippen LogP contribution in [0, 0.1) is 18.3 Å². The first-order valence-electron chi connectivity index (χ1n) is 10.2. The minimum Gasteiger partial charge on any atom is -0.335 e. The lowest BCUT2D eigenvalue weighted by atomic mass is 9.94. The number of rotatable bonds is 6. The SMILES string of the molecule is CCN(C(=O)c1sc(NC(=O)Cc2ccccc2)c(C#N)c1C)C1CCCCC1. The lowest BCUT2D eigenvalue weighted by Crippen LogP contribution is -2.41. The summed E-state index contributed by atoms with van der Waals surface area (Å²) in [5.41, 5.74) is 1.95. The summed E-state index contributed by atoms with van der Waals surface area (Å²) in [6.45, 7) is 4.45. The summed E-state index contributed by atoms with van der Waals surface area (Å²) in [5, 5.41) is 12.9. The number of nitrogens with one attached hydrogen (secondary N) is 1. The zero-order chi connectivity index (χ0) is 20.8. The van der Waals surface area contributed by atoms with Gasteiger partial charge in [-0.25, -0.2) is 0 Å². The minimum absolute atomic E-state index is 0.0260. The Hall–Kier alpha value is -2.65. The smallest absolute Gasteiger partial charge is 0.264 e. The van der Waals surface area contributed by atoms with Gasteiger partial charge in [0.1, 0.15) is 11.1 Å². The monoisotopic (exact) mass is 409 g/mol. The van der Waals surface area contributed by atoms with Crippen molar-refractivity contribution in [2.24, 2.45) is 0 Å². The van der Waals surface area contributed by atoms with E-state index in [-0.39, 0.29) is 24.3 Å². The number of amides is 2. The highest BCUT2D eigenvalue weighted by molar-refractivity contribution is 7.18. The largest absolute Gasteiger partial charge is 0.335 e. The molecule has 0 bridgehead atoms. The van der Waals surface area contributed by atoms with Crippen molar-refractivity contribution in [1.82, 2.24) is 4.90 Å². The van der Waals surface area contributed by atoms with Crippen LogP contribution in [0.25, 0.3) is 0 Å². The predicted molar refractivity (Wildman–Crippen MR) is 116 cm³/mol. The van der Waals surface area contributed by atoms with Crippen LogP contribution in [0.4, 0.5) is 5.00 Å². The maximum atomic E-state index is 13.3. The van der Waals surface area contributed by atoms with Gasteiger partial charge in [0, 0.05) is 12.6 Å². The maximum Gasteiger partial charge on any atom is 0.264 e. The fraction of sp³-hybridized carbons (Fsp3) is 0.435. The number of nitrogens with zero attached hydrogens (tertiary/aromatic N) is 2. The van der Waals surface area contributed by atoms with Crippen molar-refractivity contribution < 1.29 is 9.59 Å². The van der Waals surface area contributed by atoms with Crippen LogP contribution in [0.2, 0.25) is 0 Å². The van der Waals surface area contributed by atoms with Crippen LogP contribution in [0.1, 0.15) is 65.4 Å². The molecule has 1 aliphatic carbocycles. The Kier molecular flexibility index (Phi) is 7.05. The molecule has 0 radical (unpaired) electrons. The second-order valence-corrected chi connectivity index (χ2v) is 8.49. The highest BCUT2D eigenvalue weighted by Gasteiger charge is 2.29. The summed E-state index contributed by atoms with van der Waals surface area (Å²) in [6, 6.07) is 11.9. The number of hydrogen-bond donors (Lipinski definition) is 1. The summed E-state index contributed by atoms with van der Waals surface area (Å²) >= 11 is 1.22. The summed E-state index contributed by atoms with van der Waals surface area (Å²) in [6.07, 6.45) is 5.85. The maximum absolute atomic E-state index is 13.3. The molecular weight excluding hydrogens is 382 g/mol. The van der Waals surface area contributed by atoms with E-state index in [0.29, 0.717) is 27.5 Å². The molecule has 29 heavy (non-hydrogen) atoms. The average Bonchev–Trinajstić information content (AvgIpc) is 3.04. The predicted octanol–water partition coefficient (Wildman–Crippen LogP) is 4.90.